The van der Waals surface area contributed by atoms with E-state index in [-0.39, 0.29) is 40.7 Å². The molecule has 4 N–H and O–H groups in total. The molecule has 1 heterocycles. The quantitative estimate of drug-likeness (QED) is 0.738. The first-order valence-electron chi connectivity index (χ1n) is 7.40. The van der Waals surface area contributed by atoms with E-state index < -0.39 is 0 Å². The summed E-state index contributed by atoms with van der Waals surface area (Å²) in [4.78, 5) is 24.5. The van der Waals surface area contributed by atoms with Gasteiger partial charge in [-0.2, -0.15) is 4.37 Å². The third-order valence-electron chi connectivity index (χ3n) is 3.20. The van der Waals surface area contributed by atoms with Crippen LogP contribution in [0.2, 0.25) is 0 Å². The molecular formula is C16H20N4O3S. The third-order valence-corrected chi connectivity index (χ3v) is 4.06. The molecule has 2 amide bonds. The lowest BCUT2D eigenvalue weighted by Gasteiger charge is -2.09. The fourth-order valence-electron chi connectivity index (χ4n) is 2.06. The van der Waals surface area contributed by atoms with Gasteiger partial charge in [0.1, 0.15) is 10.6 Å². The Morgan fingerprint density at radius 1 is 1.29 bits per heavy atom. The van der Waals surface area contributed by atoms with Crippen LogP contribution in [0.4, 0.5) is 5.69 Å². The van der Waals surface area contributed by atoms with Crippen molar-refractivity contribution in [2.45, 2.75) is 26.4 Å². The smallest absolute Gasteiger partial charge is 0.273 e. The maximum atomic E-state index is 12.3. The number of benzene rings is 1. The summed E-state index contributed by atoms with van der Waals surface area (Å²) in [6.45, 7) is 3.95. The minimum atomic E-state index is -0.387. The van der Waals surface area contributed by atoms with Gasteiger partial charge < -0.3 is 21.1 Å². The second kappa shape index (κ2) is 7.78. The number of aromatic nitrogens is 1. The number of methoxy groups -OCH3 is 1. The number of nitrogens with zero attached hydrogens (tertiary/aromatic N) is 1. The van der Waals surface area contributed by atoms with Gasteiger partial charge in [0.25, 0.3) is 11.8 Å². The molecule has 0 atom stereocenters. The number of carbonyl (C=O) groups excluding carboxylic acids is 2. The van der Waals surface area contributed by atoms with Crippen LogP contribution in [-0.4, -0.2) is 29.3 Å². The molecule has 0 bridgehead atoms. The summed E-state index contributed by atoms with van der Waals surface area (Å²) in [5.41, 5.74) is 6.92. The first-order valence-corrected chi connectivity index (χ1v) is 8.17. The minimum absolute atomic E-state index is 0.0403. The van der Waals surface area contributed by atoms with E-state index in [1.807, 2.05) is 38.1 Å². The number of amides is 2. The predicted octanol–water partition coefficient (Wildman–Crippen LogP) is 1.80. The normalized spacial score (nSPS) is 10.5. The van der Waals surface area contributed by atoms with E-state index in [1.165, 1.54) is 0 Å². The van der Waals surface area contributed by atoms with Crippen molar-refractivity contribution in [1.82, 2.24) is 15.0 Å². The van der Waals surface area contributed by atoms with Crippen molar-refractivity contribution in [2.75, 3.05) is 12.8 Å². The molecule has 0 radical (unpaired) electrons. The van der Waals surface area contributed by atoms with E-state index in [0.717, 1.165) is 17.1 Å². The largest absolute Gasteiger partial charge is 0.496 e. The van der Waals surface area contributed by atoms with Gasteiger partial charge in [-0.15, -0.1) is 0 Å². The molecule has 24 heavy (non-hydrogen) atoms. The average molecular weight is 348 g/mol. The van der Waals surface area contributed by atoms with Crippen LogP contribution in [-0.2, 0) is 6.54 Å². The van der Waals surface area contributed by atoms with Crippen molar-refractivity contribution >= 4 is 29.0 Å². The maximum absolute atomic E-state index is 12.3. The molecular weight excluding hydrogens is 328 g/mol. The SMILES string of the molecule is COc1ccccc1CNC(=O)c1snc(C(=O)NC(C)C)c1N. The van der Waals surface area contributed by atoms with Gasteiger partial charge in [-0.1, -0.05) is 18.2 Å². The summed E-state index contributed by atoms with van der Waals surface area (Å²) in [7, 11) is 1.57. The van der Waals surface area contributed by atoms with Crippen molar-refractivity contribution in [1.29, 1.82) is 0 Å². The van der Waals surface area contributed by atoms with Gasteiger partial charge in [-0.05, 0) is 31.4 Å². The molecule has 0 aliphatic heterocycles. The van der Waals surface area contributed by atoms with Crippen molar-refractivity contribution < 1.29 is 14.3 Å². The number of nitrogens with one attached hydrogen (secondary N) is 2. The lowest BCUT2D eigenvalue weighted by molar-refractivity contribution is 0.0939. The van der Waals surface area contributed by atoms with E-state index >= 15 is 0 Å². The number of rotatable bonds is 6. The zero-order valence-corrected chi connectivity index (χ0v) is 14.6. The number of nitrogen functional groups attached to an aromatic ring is 1. The molecule has 0 aliphatic carbocycles. The zero-order valence-electron chi connectivity index (χ0n) is 13.8. The summed E-state index contributed by atoms with van der Waals surface area (Å²) in [6.07, 6.45) is 0. The summed E-state index contributed by atoms with van der Waals surface area (Å²) in [6, 6.07) is 7.35. The van der Waals surface area contributed by atoms with Crippen LogP contribution >= 0.6 is 11.5 Å². The maximum Gasteiger partial charge on any atom is 0.273 e. The first kappa shape index (κ1) is 17.7. The molecule has 0 fully saturated rings. The molecule has 7 nitrogen and oxygen atoms in total. The average Bonchev–Trinajstić information content (AvgIpc) is 2.94. The number of hydrogen-bond acceptors (Lipinski definition) is 6. The van der Waals surface area contributed by atoms with E-state index in [0.29, 0.717) is 5.75 Å². The number of anilines is 1. The van der Waals surface area contributed by atoms with Crippen LogP contribution < -0.4 is 21.1 Å². The lowest BCUT2D eigenvalue weighted by Crippen LogP contribution is -2.31. The molecule has 8 heteroatoms. The molecule has 0 aliphatic rings. The zero-order chi connectivity index (χ0) is 17.7. The van der Waals surface area contributed by atoms with E-state index in [4.69, 9.17) is 10.5 Å². The van der Waals surface area contributed by atoms with Gasteiger partial charge in [-0.25, -0.2) is 0 Å². The molecule has 1 aromatic heterocycles. The van der Waals surface area contributed by atoms with Gasteiger partial charge in [0.15, 0.2) is 5.69 Å². The van der Waals surface area contributed by atoms with Gasteiger partial charge in [0.2, 0.25) is 0 Å². The predicted molar refractivity (Wildman–Crippen MR) is 93.3 cm³/mol. The fraction of sp³-hybridized carbons (Fsp3) is 0.312. The summed E-state index contributed by atoms with van der Waals surface area (Å²) in [5, 5.41) is 5.47. The van der Waals surface area contributed by atoms with Crippen molar-refractivity contribution in [2.24, 2.45) is 0 Å². The summed E-state index contributed by atoms with van der Waals surface area (Å²) in [5.74, 6) is -0.0749. The molecule has 1 aromatic carbocycles. The topological polar surface area (TPSA) is 106 Å². The van der Waals surface area contributed by atoms with Crippen molar-refractivity contribution in [3.05, 3.63) is 40.4 Å². The first-order chi connectivity index (χ1) is 11.4. The highest BCUT2D eigenvalue weighted by Gasteiger charge is 2.22. The van der Waals surface area contributed by atoms with Crippen molar-refractivity contribution in [3.63, 3.8) is 0 Å². The highest BCUT2D eigenvalue weighted by Crippen LogP contribution is 2.22. The highest BCUT2D eigenvalue weighted by molar-refractivity contribution is 7.09. The van der Waals surface area contributed by atoms with E-state index in [2.05, 4.69) is 15.0 Å². The monoisotopic (exact) mass is 348 g/mol. The van der Waals surface area contributed by atoms with Gasteiger partial charge >= 0.3 is 0 Å². The minimum Gasteiger partial charge on any atom is -0.496 e. The molecule has 0 unspecified atom stereocenters. The Hall–Kier alpha value is -2.61. The Kier molecular flexibility index (Phi) is 5.75. The van der Waals surface area contributed by atoms with Crippen LogP contribution in [0, 0.1) is 0 Å². The Labute approximate surface area is 144 Å². The fourth-order valence-corrected chi connectivity index (χ4v) is 2.77. The summed E-state index contributed by atoms with van der Waals surface area (Å²) >= 11 is 0.906. The number of ether oxygens (including phenoxy) is 1. The van der Waals surface area contributed by atoms with Crippen LogP contribution in [0.3, 0.4) is 0 Å². The Morgan fingerprint density at radius 3 is 2.67 bits per heavy atom. The van der Waals surface area contributed by atoms with Crippen LogP contribution in [0.1, 0.15) is 39.6 Å². The Morgan fingerprint density at radius 2 is 2.00 bits per heavy atom. The second-order valence-electron chi connectivity index (χ2n) is 5.40. The number of para-hydroxylation sites is 1. The standard InChI is InChI=1S/C16H20N4O3S/c1-9(2)19-15(21)13-12(17)14(24-20-13)16(22)18-8-10-6-4-5-7-11(10)23-3/h4-7,9H,8,17H2,1-3H3,(H,18,22)(H,19,21). The van der Waals surface area contributed by atoms with Crippen LogP contribution in [0.5, 0.6) is 5.75 Å². The highest BCUT2D eigenvalue weighted by atomic mass is 32.1. The molecule has 2 aromatic rings. The Bertz CT molecular complexity index is 743. The van der Waals surface area contributed by atoms with Crippen molar-refractivity contribution in [3.8, 4) is 5.75 Å². The van der Waals surface area contributed by atoms with Gasteiger partial charge in [0, 0.05) is 18.2 Å². The summed E-state index contributed by atoms with van der Waals surface area (Å²) < 4.78 is 9.24. The Balaban J connectivity index is 2.08. The molecule has 2 rings (SSSR count). The van der Waals surface area contributed by atoms with E-state index in [9.17, 15) is 9.59 Å². The lowest BCUT2D eigenvalue weighted by atomic mass is 10.2. The van der Waals surface area contributed by atoms with Crippen LogP contribution in [0.15, 0.2) is 24.3 Å². The van der Waals surface area contributed by atoms with E-state index in [1.54, 1.807) is 7.11 Å². The number of nitrogens with two attached hydrogens (primary N) is 1. The second-order valence-corrected chi connectivity index (χ2v) is 6.17. The van der Waals surface area contributed by atoms with Gasteiger partial charge in [-0.3, -0.25) is 9.59 Å². The molecule has 0 spiro atoms. The third kappa shape index (κ3) is 4.02. The molecule has 128 valence electrons. The van der Waals surface area contributed by atoms with Crippen LogP contribution in [0.25, 0.3) is 0 Å². The number of carbonyl (C=O) groups is 2. The molecule has 0 saturated heterocycles. The number of hydrogen-bond donors (Lipinski definition) is 3. The molecule has 0 saturated carbocycles. The van der Waals surface area contributed by atoms with Gasteiger partial charge in [0.05, 0.1) is 12.8 Å².